The van der Waals surface area contributed by atoms with Gasteiger partial charge in [-0.25, -0.2) is 4.39 Å². The Hall–Kier alpha value is -2.58. The molecule has 2 aromatic carbocycles. The number of halogens is 2. The first-order valence-corrected chi connectivity index (χ1v) is 10.7. The number of nitrogens with one attached hydrogen (secondary N) is 1. The molecule has 1 aliphatic heterocycles. The molecule has 1 aliphatic rings. The molecule has 29 heavy (non-hydrogen) atoms. The third-order valence-electron chi connectivity index (χ3n) is 4.51. The number of furan rings is 1. The zero-order valence-electron chi connectivity index (χ0n) is 15.1. The van der Waals surface area contributed by atoms with Gasteiger partial charge in [0.25, 0.3) is 5.91 Å². The van der Waals surface area contributed by atoms with Crippen molar-refractivity contribution in [3.8, 4) is 0 Å². The summed E-state index contributed by atoms with van der Waals surface area (Å²) < 4.78 is 19.9. The fourth-order valence-corrected chi connectivity index (χ4v) is 4.58. The van der Waals surface area contributed by atoms with E-state index in [-0.39, 0.29) is 17.0 Å². The van der Waals surface area contributed by atoms with Crippen LogP contribution < -0.4 is 5.32 Å². The first-order valence-electron chi connectivity index (χ1n) is 8.81. The summed E-state index contributed by atoms with van der Waals surface area (Å²) in [5.41, 5.74) is 1.44. The van der Waals surface area contributed by atoms with Crippen molar-refractivity contribution < 1.29 is 18.4 Å². The molecule has 8 heteroatoms. The number of carbonyl (C=O) groups excluding carboxylic acids is 2. The number of hydrogen-bond donors (Lipinski definition) is 1. The SMILES string of the molecule is O=C(Nc1ccc(Br)cc1F)c1ccc(C2SCC(=O)N2Cc2ccco2)cc1. The molecule has 0 saturated carbocycles. The minimum atomic E-state index is -0.515. The Balaban J connectivity index is 1.48. The van der Waals surface area contributed by atoms with E-state index in [1.807, 2.05) is 18.2 Å². The highest BCUT2D eigenvalue weighted by molar-refractivity contribution is 9.10. The lowest BCUT2D eigenvalue weighted by Crippen LogP contribution is -2.27. The number of nitrogens with zero attached hydrogens (tertiary/aromatic N) is 1. The molecular formula is C21H16BrFN2O3S. The van der Waals surface area contributed by atoms with Gasteiger partial charge in [-0.15, -0.1) is 11.8 Å². The molecule has 3 aromatic rings. The van der Waals surface area contributed by atoms with E-state index in [4.69, 9.17) is 4.42 Å². The molecule has 2 heterocycles. The van der Waals surface area contributed by atoms with E-state index in [1.165, 1.54) is 23.9 Å². The summed E-state index contributed by atoms with van der Waals surface area (Å²) in [6, 6.07) is 15.1. The van der Waals surface area contributed by atoms with Crippen LogP contribution in [-0.2, 0) is 11.3 Å². The highest BCUT2D eigenvalue weighted by atomic mass is 79.9. The van der Waals surface area contributed by atoms with Gasteiger partial charge in [0, 0.05) is 10.0 Å². The van der Waals surface area contributed by atoms with E-state index in [2.05, 4.69) is 21.2 Å². The Morgan fingerprint density at radius 3 is 2.72 bits per heavy atom. The van der Waals surface area contributed by atoms with Crippen molar-refractivity contribution in [2.24, 2.45) is 0 Å². The summed E-state index contributed by atoms with van der Waals surface area (Å²) in [4.78, 5) is 26.5. The minimum absolute atomic E-state index is 0.0453. The molecule has 1 aromatic heterocycles. The molecule has 0 bridgehead atoms. The second-order valence-electron chi connectivity index (χ2n) is 6.46. The van der Waals surface area contributed by atoms with Crippen LogP contribution in [0.2, 0.25) is 0 Å². The van der Waals surface area contributed by atoms with Crippen LogP contribution in [0.3, 0.4) is 0 Å². The molecule has 1 atom stereocenters. The molecule has 1 saturated heterocycles. The summed E-state index contributed by atoms with van der Waals surface area (Å²) in [6.45, 7) is 0.397. The van der Waals surface area contributed by atoms with Crippen LogP contribution in [0.1, 0.15) is 27.1 Å². The zero-order valence-corrected chi connectivity index (χ0v) is 17.5. The lowest BCUT2D eigenvalue weighted by molar-refractivity contribution is -0.128. The third-order valence-corrected chi connectivity index (χ3v) is 6.26. The van der Waals surface area contributed by atoms with Gasteiger partial charge in [-0.05, 0) is 48.0 Å². The largest absolute Gasteiger partial charge is 0.467 e. The fourth-order valence-electron chi connectivity index (χ4n) is 3.06. The van der Waals surface area contributed by atoms with Gasteiger partial charge < -0.3 is 14.6 Å². The average Bonchev–Trinajstić information content (AvgIpc) is 3.35. The van der Waals surface area contributed by atoms with Crippen molar-refractivity contribution in [3.05, 3.63) is 88.0 Å². The van der Waals surface area contributed by atoms with E-state index < -0.39 is 11.7 Å². The highest BCUT2D eigenvalue weighted by Gasteiger charge is 2.33. The van der Waals surface area contributed by atoms with Crippen molar-refractivity contribution in [2.75, 3.05) is 11.1 Å². The predicted molar refractivity (Wildman–Crippen MR) is 113 cm³/mol. The smallest absolute Gasteiger partial charge is 0.255 e. The maximum atomic E-state index is 13.9. The molecule has 1 fully saturated rings. The van der Waals surface area contributed by atoms with E-state index >= 15 is 0 Å². The molecule has 0 aliphatic carbocycles. The molecule has 1 unspecified atom stereocenters. The standard InChI is InChI=1S/C21H16BrFN2O3S/c22-15-7-8-18(17(23)10-15)24-20(27)13-3-5-14(6-4-13)21-25(19(26)12-29-21)11-16-2-1-9-28-16/h1-10,21H,11-12H2,(H,24,27). The number of anilines is 1. The van der Waals surface area contributed by atoms with Gasteiger partial charge in [-0.1, -0.05) is 28.1 Å². The predicted octanol–water partition coefficient (Wildman–Crippen LogP) is 5.21. The Kier molecular flexibility index (Phi) is 5.73. The Labute approximate surface area is 179 Å². The Morgan fingerprint density at radius 1 is 1.24 bits per heavy atom. The summed E-state index contributed by atoms with van der Waals surface area (Å²) >= 11 is 4.72. The van der Waals surface area contributed by atoms with Crippen LogP contribution in [0.15, 0.2) is 69.8 Å². The second kappa shape index (κ2) is 8.42. The van der Waals surface area contributed by atoms with Crippen LogP contribution in [0, 0.1) is 5.82 Å². The van der Waals surface area contributed by atoms with E-state index in [1.54, 1.807) is 35.4 Å². The number of carbonyl (C=O) groups is 2. The number of amides is 2. The molecule has 0 spiro atoms. The number of benzene rings is 2. The van der Waals surface area contributed by atoms with Crippen LogP contribution in [0.4, 0.5) is 10.1 Å². The molecule has 148 valence electrons. The summed E-state index contributed by atoms with van der Waals surface area (Å²) in [5.74, 6) is 0.248. The topological polar surface area (TPSA) is 62.6 Å². The lowest BCUT2D eigenvalue weighted by atomic mass is 10.1. The molecule has 0 radical (unpaired) electrons. The van der Waals surface area contributed by atoms with Gasteiger partial charge in [0.2, 0.25) is 5.91 Å². The molecule has 1 N–H and O–H groups in total. The molecule has 5 nitrogen and oxygen atoms in total. The highest BCUT2D eigenvalue weighted by Crippen LogP contribution is 2.39. The maximum absolute atomic E-state index is 13.9. The number of thioether (sulfide) groups is 1. The third kappa shape index (κ3) is 4.38. The first kappa shape index (κ1) is 19.7. The van der Waals surface area contributed by atoms with Crippen molar-refractivity contribution in [2.45, 2.75) is 11.9 Å². The quantitative estimate of drug-likeness (QED) is 0.551. The van der Waals surface area contributed by atoms with E-state index in [0.717, 1.165) is 11.3 Å². The van der Waals surface area contributed by atoms with Crippen LogP contribution in [0.5, 0.6) is 0 Å². The number of hydrogen-bond acceptors (Lipinski definition) is 4. The molecule has 2 amide bonds. The van der Waals surface area contributed by atoms with Crippen molar-refractivity contribution in [1.29, 1.82) is 0 Å². The normalized spacial score (nSPS) is 16.3. The number of rotatable bonds is 5. The molecular weight excluding hydrogens is 459 g/mol. The van der Waals surface area contributed by atoms with Crippen molar-refractivity contribution in [1.82, 2.24) is 4.90 Å². The van der Waals surface area contributed by atoms with E-state index in [0.29, 0.717) is 22.3 Å². The Morgan fingerprint density at radius 2 is 2.03 bits per heavy atom. The first-order chi connectivity index (χ1) is 14.0. The van der Waals surface area contributed by atoms with Crippen molar-refractivity contribution in [3.63, 3.8) is 0 Å². The van der Waals surface area contributed by atoms with Crippen LogP contribution in [0.25, 0.3) is 0 Å². The summed E-state index contributed by atoms with van der Waals surface area (Å²) in [6.07, 6.45) is 1.58. The average molecular weight is 475 g/mol. The summed E-state index contributed by atoms with van der Waals surface area (Å²) in [5, 5.41) is 2.43. The van der Waals surface area contributed by atoms with E-state index in [9.17, 15) is 14.0 Å². The fraction of sp³-hybridized carbons (Fsp3) is 0.143. The second-order valence-corrected chi connectivity index (χ2v) is 8.45. The summed E-state index contributed by atoms with van der Waals surface area (Å²) in [7, 11) is 0. The van der Waals surface area contributed by atoms with Gasteiger partial charge in [0.1, 0.15) is 17.0 Å². The van der Waals surface area contributed by atoms with Crippen molar-refractivity contribution >= 4 is 45.2 Å². The van der Waals surface area contributed by atoms with Gasteiger partial charge in [0.15, 0.2) is 0 Å². The maximum Gasteiger partial charge on any atom is 0.255 e. The van der Waals surface area contributed by atoms with Gasteiger partial charge >= 0.3 is 0 Å². The lowest BCUT2D eigenvalue weighted by Gasteiger charge is -2.23. The van der Waals surface area contributed by atoms with Gasteiger partial charge in [-0.3, -0.25) is 9.59 Å². The van der Waals surface area contributed by atoms with Crippen LogP contribution >= 0.6 is 27.7 Å². The van der Waals surface area contributed by atoms with Gasteiger partial charge in [0.05, 0.1) is 24.2 Å². The monoisotopic (exact) mass is 474 g/mol. The minimum Gasteiger partial charge on any atom is -0.467 e. The zero-order chi connectivity index (χ0) is 20.4. The Bertz CT molecular complexity index is 1040. The van der Waals surface area contributed by atoms with Gasteiger partial charge in [-0.2, -0.15) is 0 Å². The molecule has 4 rings (SSSR count). The van der Waals surface area contributed by atoms with Crippen LogP contribution in [-0.4, -0.2) is 22.5 Å².